The molecule has 1 heterocycles. The van der Waals surface area contributed by atoms with Gasteiger partial charge < -0.3 is 26.5 Å². The van der Waals surface area contributed by atoms with E-state index in [1.165, 1.54) is 30.4 Å². The Morgan fingerprint density at radius 1 is 0.750 bits per heavy atom. The van der Waals surface area contributed by atoms with Crippen LogP contribution < -0.4 is 27.7 Å². The number of anilines is 1. The molecule has 72 heavy (non-hydrogen) atoms. The number of ketones is 1. The molecule has 0 unspecified atom stereocenters. The van der Waals surface area contributed by atoms with Gasteiger partial charge in [0.2, 0.25) is 5.91 Å². The number of nitrogens with one attached hydrogen (secondary N) is 3. The van der Waals surface area contributed by atoms with Crippen LogP contribution in [0.15, 0.2) is 71.2 Å². The van der Waals surface area contributed by atoms with E-state index in [4.69, 9.17) is 12.2 Å². The molecule has 7 N–H and O–H groups in total. The highest BCUT2D eigenvalue weighted by atomic mass is 16.7. The molecule has 4 rings (SSSR count). The second-order valence-corrected chi connectivity index (χ2v) is 14.1. The molecule has 2 atom stereocenters. The Morgan fingerprint density at radius 2 is 1.26 bits per heavy atom. The molecule has 0 aliphatic heterocycles. The first-order valence-electron chi connectivity index (χ1n) is 21.8. The van der Waals surface area contributed by atoms with E-state index in [0.29, 0.717) is 31.1 Å². The van der Waals surface area contributed by atoms with Gasteiger partial charge in [-0.05, 0) is 163 Å². The number of Topliss-reactive ketones (excluding diaryl/α,β-unsaturated/α-hetero) is 1. The van der Waals surface area contributed by atoms with E-state index in [0.717, 1.165) is 35.6 Å². The van der Waals surface area contributed by atoms with Gasteiger partial charge in [0.05, 0.1) is 22.3 Å². The van der Waals surface area contributed by atoms with E-state index in [9.17, 15) is 19.7 Å². The van der Waals surface area contributed by atoms with Crippen molar-refractivity contribution in [2.75, 3.05) is 5.73 Å². The lowest BCUT2D eigenvalue weighted by Crippen LogP contribution is -2.52. The second-order valence-electron chi connectivity index (χ2n) is 14.1. The number of rotatable bonds is 13. The summed E-state index contributed by atoms with van der Waals surface area (Å²) in [5, 5.41) is 22.1. The summed E-state index contributed by atoms with van der Waals surface area (Å²) in [5.74, 6) is 71.7. The number of benzene rings is 2. The zero-order valence-electron chi connectivity index (χ0n) is 39.5. The summed E-state index contributed by atoms with van der Waals surface area (Å²) in [6.07, 6.45) is 15.0. The number of hydrogen-bond acceptors (Lipinski definition) is 9. The van der Waals surface area contributed by atoms with E-state index >= 15 is 0 Å². The molecule has 2 aromatic carbocycles. The molecule has 1 aliphatic rings. The maximum absolute atomic E-state index is 13.3. The SMILES string of the molecule is C#CC#CC#CC#CC#CC#CC#CC#CC#CC#CC#CC#CC#CC#CC.C[C@H](NC(=O)[C@@H](CCc1ccccc1)NC1CCCCC1)C(=O)CCc1ccc2c(N)nccc2c1.NN=NN[N+](=O)[O-].[HH].[HH].[HH].[HH].[HH].[HH].[HH].[HH].[HH].[HH].[HH].[HH].[HH].[HH].[HH].[HH]. The first-order chi connectivity index (χ1) is 35.2. The minimum atomic E-state index is -0.879. The van der Waals surface area contributed by atoms with Gasteiger partial charge in [0.1, 0.15) is 5.82 Å². The maximum atomic E-state index is 13.3. The van der Waals surface area contributed by atoms with Crippen molar-refractivity contribution < 1.29 is 37.4 Å². The van der Waals surface area contributed by atoms with Crippen LogP contribution in [0.1, 0.15) is 92.7 Å². The average Bonchev–Trinajstić information content (AvgIpc) is 3.39. The number of fused-ring (bicyclic) bond motifs is 1. The molecule has 1 amide bonds. The van der Waals surface area contributed by atoms with Gasteiger partial charge in [0, 0.05) is 112 Å². The molecule has 382 valence electrons. The van der Waals surface area contributed by atoms with E-state index in [2.05, 4.69) is 210 Å². The quantitative estimate of drug-likeness (QED) is 0.0367. The smallest absolute Gasteiger partial charge is 0.237 e. The van der Waals surface area contributed by atoms with Crippen molar-refractivity contribution in [2.24, 2.45) is 16.3 Å². The number of nitro groups is 1. The van der Waals surface area contributed by atoms with Crippen molar-refractivity contribution >= 4 is 28.3 Å². The Morgan fingerprint density at radius 3 is 1.74 bits per heavy atom. The Balaban J connectivity index is -0.0000000729. The molecule has 1 saturated carbocycles. The first kappa shape index (κ1) is 57.3. The molecular weight excluding hydrogens is 899 g/mol. The van der Waals surface area contributed by atoms with Crippen LogP contribution in [0.2, 0.25) is 0 Å². The van der Waals surface area contributed by atoms with Crippen molar-refractivity contribution in [1.29, 1.82) is 0 Å². The summed E-state index contributed by atoms with van der Waals surface area (Å²) < 4.78 is 0. The molecule has 1 fully saturated rings. The van der Waals surface area contributed by atoms with Gasteiger partial charge in [-0.1, -0.05) is 73.7 Å². The molecular formula is C59H77N9O4. The predicted molar refractivity (Wildman–Crippen MR) is 314 cm³/mol. The minimum absolute atomic E-state index is 0. The third-order valence-corrected chi connectivity index (χ3v) is 9.17. The monoisotopic (exact) mass is 976 g/mol. The summed E-state index contributed by atoms with van der Waals surface area (Å²) >= 11 is 0. The Hall–Kier alpha value is -10.8. The van der Waals surface area contributed by atoms with Gasteiger partial charge >= 0.3 is 0 Å². The fraction of sp³-hybridized carbons (Fsp3) is 0.237. The Labute approximate surface area is 446 Å². The van der Waals surface area contributed by atoms with Gasteiger partial charge in [-0.3, -0.25) is 15.4 Å². The van der Waals surface area contributed by atoms with Gasteiger partial charge in [-0.15, -0.1) is 6.42 Å². The lowest BCUT2D eigenvalue weighted by molar-refractivity contribution is -0.546. The molecule has 0 bridgehead atoms. The van der Waals surface area contributed by atoms with Crippen molar-refractivity contribution in [2.45, 2.75) is 89.8 Å². The fourth-order valence-corrected chi connectivity index (χ4v) is 5.96. The van der Waals surface area contributed by atoms with E-state index < -0.39 is 11.1 Å². The standard InChI is InChI=1S/C30H38N4O2.C29H4.H3N5O2.16H2/c1-21(28(35)17-14-23-12-15-26-24(20-23)18-19-32-29(26)31)33-30(36)27(34-25-10-6-3-7-11-25)16-13-22-8-4-2-5-9-22;1-3-5-7-9-11-13-15-17-19-21-23-25-27-29-28-26-24-22-20-18-16-14-12-10-8-6-4-2;1-2-3-4-5(6)7;;;;;;;;;;;;;;;;/h2,4-5,8-9,12,15,18-21,25,27,34H,3,6-7,10-11,13-14,16-17H2,1H3,(H2,31,32)(H,33,36);1H,2H3;(H2,1,3)(H,2,4);16*1H/t21-,27+;;;;;;;;;;;;;;;;;;/m0................../s1. The number of aryl methyl sites for hydroxylation is 2. The largest absolute Gasteiger partial charge is 0.383 e. The molecule has 3 aromatic rings. The lowest BCUT2D eigenvalue weighted by Gasteiger charge is -2.29. The number of hydrazine groups is 1. The third-order valence-electron chi connectivity index (χ3n) is 9.17. The summed E-state index contributed by atoms with van der Waals surface area (Å²) in [4.78, 5) is 39.5. The summed E-state index contributed by atoms with van der Waals surface area (Å²) in [5.41, 5.74) is 9.58. The minimum Gasteiger partial charge on any atom is -0.383 e. The Kier molecular flexibility index (Phi) is 30.5. The van der Waals surface area contributed by atoms with Crippen LogP contribution in [0, 0.1) is 176 Å². The summed E-state index contributed by atoms with van der Waals surface area (Å²) in [6, 6.07) is 17.7. The number of hydrogen-bond donors (Lipinski definition) is 5. The van der Waals surface area contributed by atoms with Crippen LogP contribution in [0.3, 0.4) is 0 Å². The number of carbonyl (C=O) groups is 2. The third kappa shape index (κ3) is 28.3. The number of pyridine rings is 1. The first-order valence-corrected chi connectivity index (χ1v) is 21.8. The number of carbonyl (C=O) groups excluding carboxylic acids is 2. The molecule has 0 saturated heterocycles. The highest BCUT2D eigenvalue weighted by Crippen LogP contribution is 2.21. The fourth-order valence-electron chi connectivity index (χ4n) is 5.96. The zero-order chi connectivity index (χ0) is 52.1. The molecule has 1 aliphatic carbocycles. The number of nitrogen functional groups attached to an aromatic ring is 1. The highest BCUT2D eigenvalue weighted by Gasteiger charge is 2.26. The van der Waals surface area contributed by atoms with Gasteiger partial charge in [0.15, 0.2) is 11.0 Å². The predicted octanol–water partition coefficient (Wildman–Crippen LogP) is 8.38. The van der Waals surface area contributed by atoms with Crippen LogP contribution in [0.5, 0.6) is 0 Å². The molecule has 1 aromatic heterocycles. The number of amides is 1. The normalized spacial score (nSPS) is 10.4. The molecule has 13 nitrogen and oxygen atoms in total. The van der Waals surface area contributed by atoms with Crippen LogP contribution >= 0.6 is 0 Å². The van der Waals surface area contributed by atoms with Crippen LogP contribution in [0.25, 0.3) is 10.8 Å². The average molecular weight is 976 g/mol. The second kappa shape index (κ2) is 38.3. The van der Waals surface area contributed by atoms with Gasteiger partial charge in [-0.2, -0.15) is 0 Å². The van der Waals surface area contributed by atoms with Crippen LogP contribution in [-0.4, -0.2) is 39.8 Å². The molecule has 13 heteroatoms. The van der Waals surface area contributed by atoms with E-state index in [1.807, 2.05) is 36.4 Å². The van der Waals surface area contributed by atoms with Crippen molar-refractivity contribution in [3.63, 3.8) is 0 Å². The number of nitrogens with zero attached hydrogens (tertiary/aromatic N) is 4. The number of nitrogens with two attached hydrogens (primary N) is 2. The number of aromatic nitrogens is 1. The molecule has 0 radical (unpaired) electrons. The van der Waals surface area contributed by atoms with Gasteiger partial charge in [-0.25, -0.2) is 4.98 Å². The van der Waals surface area contributed by atoms with Crippen LogP contribution in [-0.2, 0) is 22.4 Å². The zero-order valence-corrected chi connectivity index (χ0v) is 39.5. The molecule has 0 spiro atoms. The van der Waals surface area contributed by atoms with Crippen molar-refractivity contribution in [1.82, 2.24) is 21.2 Å². The van der Waals surface area contributed by atoms with Crippen molar-refractivity contribution in [3.05, 3.63) is 82.0 Å². The van der Waals surface area contributed by atoms with Crippen molar-refractivity contribution in [3.8, 4) is 166 Å². The lowest BCUT2D eigenvalue weighted by atomic mass is 9.94. The van der Waals surface area contributed by atoms with E-state index in [-0.39, 0.29) is 40.6 Å². The topological polar surface area (TPSA) is 203 Å². The maximum Gasteiger partial charge on any atom is 0.237 e. The Bertz CT molecular complexity index is 3400. The van der Waals surface area contributed by atoms with Gasteiger partial charge in [0.25, 0.3) is 0 Å². The summed E-state index contributed by atoms with van der Waals surface area (Å²) in [7, 11) is 0. The summed E-state index contributed by atoms with van der Waals surface area (Å²) in [6.45, 7) is 3.49. The number of terminal acetylenes is 1. The van der Waals surface area contributed by atoms with E-state index in [1.54, 1.807) is 20.0 Å². The highest BCUT2D eigenvalue weighted by molar-refractivity contribution is 5.92. The van der Waals surface area contributed by atoms with Crippen LogP contribution in [0.4, 0.5) is 5.82 Å².